The fourth-order valence-corrected chi connectivity index (χ4v) is 2.49. The Labute approximate surface area is 92.4 Å². The number of hydrogen-bond donors (Lipinski definition) is 1. The minimum Gasteiger partial charge on any atom is -0.385 e. The first-order valence-electron chi connectivity index (χ1n) is 5.81. The smallest absolute Gasteiger partial charge is 0.143 e. The lowest BCUT2D eigenvalue weighted by atomic mass is 9.75. The first-order valence-corrected chi connectivity index (χ1v) is 5.81. The van der Waals surface area contributed by atoms with Crippen molar-refractivity contribution < 1.29 is 9.53 Å². The molecule has 0 radical (unpaired) electrons. The van der Waals surface area contributed by atoms with Crippen molar-refractivity contribution in [3.63, 3.8) is 0 Å². The van der Waals surface area contributed by atoms with Crippen LogP contribution < -0.4 is 5.73 Å². The van der Waals surface area contributed by atoms with Gasteiger partial charge >= 0.3 is 0 Å². The predicted molar refractivity (Wildman–Crippen MR) is 60.6 cm³/mol. The van der Waals surface area contributed by atoms with Crippen LogP contribution in [0.3, 0.4) is 0 Å². The summed E-state index contributed by atoms with van der Waals surface area (Å²) in [7, 11) is 1.67. The lowest BCUT2D eigenvalue weighted by Gasteiger charge is -2.30. The van der Waals surface area contributed by atoms with Crippen LogP contribution in [0.1, 0.15) is 39.5 Å². The van der Waals surface area contributed by atoms with E-state index in [1.54, 1.807) is 7.11 Å². The Balaban J connectivity index is 2.58. The molecule has 0 amide bonds. The van der Waals surface area contributed by atoms with E-state index >= 15 is 0 Å². The third-order valence-corrected chi connectivity index (χ3v) is 3.80. The molecule has 2 N–H and O–H groups in total. The fraction of sp³-hybridized carbons (Fsp3) is 0.917. The highest BCUT2D eigenvalue weighted by Crippen LogP contribution is 2.39. The standard InChI is InChI=1S/C12H23NO2/c1-9(6-8-15-3)11(14)12(2)7-4-5-10(12)13/h9-10H,4-8,13H2,1-3H3. The number of nitrogens with two attached hydrogens (primary N) is 1. The Hall–Kier alpha value is -0.410. The van der Waals surface area contributed by atoms with Crippen molar-refractivity contribution in [2.75, 3.05) is 13.7 Å². The lowest BCUT2D eigenvalue weighted by molar-refractivity contribution is -0.132. The summed E-state index contributed by atoms with van der Waals surface area (Å²) in [4.78, 5) is 12.2. The molecule has 0 heterocycles. The molecule has 1 saturated carbocycles. The molecule has 3 heteroatoms. The molecule has 3 unspecified atom stereocenters. The molecule has 0 spiro atoms. The molecule has 0 aromatic rings. The summed E-state index contributed by atoms with van der Waals surface area (Å²) >= 11 is 0. The Morgan fingerprint density at radius 3 is 2.80 bits per heavy atom. The van der Waals surface area contributed by atoms with E-state index in [2.05, 4.69) is 0 Å². The fourth-order valence-electron chi connectivity index (χ4n) is 2.49. The van der Waals surface area contributed by atoms with Crippen LogP contribution in [-0.4, -0.2) is 25.5 Å². The van der Waals surface area contributed by atoms with Crippen molar-refractivity contribution in [2.24, 2.45) is 17.1 Å². The van der Waals surface area contributed by atoms with Gasteiger partial charge in [0.25, 0.3) is 0 Å². The number of hydrogen-bond acceptors (Lipinski definition) is 3. The zero-order chi connectivity index (χ0) is 11.5. The summed E-state index contributed by atoms with van der Waals surface area (Å²) in [6.45, 7) is 4.66. The monoisotopic (exact) mass is 213 g/mol. The summed E-state index contributed by atoms with van der Waals surface area (Å²) < 4.78 is 5.00. The minimum absolute atomic E-state index is 0.0509. The highest BCUT2D eigenvalue weighted by atomic mass is 16.5. The molecule has 1 fully saturated rings. The second-order valence-electron chi connectivity index (χ2n) is 4.96. The number of ether oxygens (including phenoxy) is 1. The van der Waals surface area contributed by atoms with E-state index in [4.69, 9.17) is 10.5 Å². The molecule has 0 aliphatic heterocycles. The summed E-state index contributed by atoms with van der Waals surface area (Å²) in [6, 6.07) is 0.0509. The Bertz CT molecular complexity index is 230. The van der Waals surface area contributed by atoms with E-state index in [0.717, 1.165) is 25.7 Å². The zero-order valence-electron chi connectivity index (χ0n) is 10.1. The van der Waals surface area contributed by atoms with Gasteiger partial charge in [-0.3, -0.25) is 4.79 Å². The van der Waals surface area contributed by atoms with Crippen molar-refractivity contribution in [3.8, 4) is 0 Å². The van der Waals surface area contributed by atoms with Gasteiger partial charge in [-0.05, 0) is 19.3 Å². The maximum atomic E-state index is 12.2. The van der Waals surface area contributed by atoms with Gasteiger partial charge in [-0.25, -0.2) is 0 Å². The zero-order valence-corrected chi connectivity index (χ0v) is 10.1. The third-order valence-electron chi connectivity index (χ3n) is 3.80. The minimum atomic E-state index is -0.285. The topological polar surface area (TPSA) is 52.3 Å². The van der Waals surface area contributed by atoms with Crippen LogP contribution in [0.5, 0.6) is 0 Å². The van der Waals surface area contributed by atoms with Gasteiger partial charge in [-0.2, -0.15) is 0 Å². The number of carbonyl (C=O) groups is 1. The van der Waals surface area contributed by atoms with Gasteiger partial charge in [0.1, 0.15) is 5.78 Å². The average Bonchev–Trinajstić information content (AvgIpc) is 2.56. The Morgan fingerprint density at radius 1 is 1.67 bits per heavy atom. The van der Waals surface area contributed by atoms with Crippen LogP contribution in [0.2, 0.25) is 0 Å². The molecule has 0 aromatic carbocycles. The normalized spacial score (nSPS) is 32.9. The van der Waals surface area contributed by atoms with Crippen molar-refractivity contribution in [3.05, 3.63) is 0 Å². The molecule has 0 aromatic heterocycles. The Kier molecular flexibility index (Phi) is 4.29. The molecule has 1 aliphatic rings. The van der Waals surface area contributed by atoms with Crippen LogP contribution in [-0.2, 0) is 9.53 Å². The Morgan fingerprint density at radius 2 is 2.33 bits per heavy atom. The molecule has 1 rings (SSSR count). The first-order chi connectivity index (χ1) is 7.02. The molecule has 15 heavy (non-hydrogen) atoms. The molecule has 3 nitrogen and oxygen atoms in total. The molecular formula is C12H23NO2. The average molecular weight is 213 g/mol. The van der Waals surface area contributed by atoms with Crippen LogP contribution in [0, 0.1) is 11.3 Å². The van der Waals surface area contributed by atoms with E-state index in [9.17, 15) is 4.79 Å². The van der Waals surface area contributed by atoms with Crippen LogP contribution in [0.15, 0.2) is 0 Å². The van der Waals surface area contributed by atoms with Crippen LogP contribution in [0.25, 0.3) is 0 Å². The van der Waals surface area contributed by atoms with Crippen molar-refractivity contribution in [2.45, 2.75) is 45.6 Å². The van der Waals surface area contributed by atoms with Gasteiger partial charge < -0.3 is 10.5 Å². The quantitative estimate of drug-likeness (QED) is 0.757. The van der Waals surface area contributed by atoms with Gasteiger partial charge in [-0.15, -0.1) is 0 Å². The van der Waals surface area contributed by atoms with Gasteiger partial charge in [0, 0.05) is 31.1 Å². The predicted octanol–water partition coefficient (Wildman–Crippen LogP) is 1.75. The summed E-state index contributed by atoms with van der Waals surface area (Å²) in [5.41, 5.74) is 5.74. The summed E-state index contributed by atoms with van der Waals surface area (Å²) in [5, 5.41) is 0. The molecule has 88 valence electrons. The van der Waals surface area contributed by atoms with Crippen molar-refractivity contribution in [1.82, 2.24) is 0 Å². The van der Waals surface area contributed by atoms with E-state index in [-0.39, 0.29) is 17.4 Å². The van der Waals surface area contributed by atoms with Gasteiger partial charge in [0.2, 0.25) is 0 Å². The number of methoxy groups -OCH3 is 1. The lowest BCUT2D eigenvalue weighted by Crippen LogP contribution is -2.43. The van der Waals surface area contributed by atoms with E-state index < -0.39 is 0 Å². The first kappa shape index (κ1) is 12.7. The second kappa shape index (κ2) is 5.08. The van der Waals surface area contributed by atoms with Crippen molar-refractivity contribution in [1.29, 1.82) is 0 Å². The highest BCUT2D eigenvalue weighted by Gasteiger charge is 2.43. The second-order valence-corrected chi connectivity index (χ2v) is 4.96. The van der Waals surface area contributed by atoms with E-state index in [0.29, 0.717) is 12.4 Å². The number of ketones is 1. The van der Waals surface area contributed by atoms with Gasteiger partial charge in [0.05, 0.1) is 0 Å². The molecule has 1 aliphatic carbocycles. The molecule has 3 atom stereocenters. The number of rotatable bonds is 5. The van der Waals surface area contributed by atoms with Gasteiger partial charge in [-0.1, -0.05) is 20.3 Å². The van der Waals surface area contributed by atoms with E-state index in [1.807, 2.05) is 13.8 Å². The maximum Gasteiger partial charge on any atom is 0.143 e. The molecular weight excluding hydrogens is 190 g/mol. The SMILES string of the molecule is COCCC(C)C(=O)C1(C)CCCC1N. The van der Waals surface area contributed by atoms with Crippen LogP contribution in [0.4, 0.5) is 0 Å². The van der Waals surface area contributed by atoms with Crippen LogP contribution >= 0.6 is 0 Å². The molecule has 0 saturated heterocycles. The maximum absolute atomic E-state index is 12.2. The van der Waals surface area contributed by atoms with Crippen molar-refractivity contribution >= 4 is 5.78 Å². The summed E-state index contributed by atoms with van der Waals surface area (Å²) in [6.07, 6.45) is 3.82. The third kappa shape index (κ3) is 2.58. The van der Waals surface area contributed by atoms with E-state index in [1.165, 1.54) is 0 Å². The summed E-state index contributed by atoms with van der Waals surface area (Å²) in [5.74, 6) is 0.392. The number of carbonyl (C=O) groups excluding carboxylic acids is 1. The largest absolute Gasteiger partial charge is 0.385 e. The molecule has 0 bridgehead atoms. The highest BCUT2D eigenvalue weighted by molar-refractivity contribution is 5.87. The van der Waals surface area contributed by atoms with Gasteiger partial charge in [0.15, 0.2) is 0 Å². The number of Topliss-reactive ketones (excluding diaryl/α,β-unsaturated/α-hetero) is 1.